The van der Waals surface area contributed by atoms with Gasteiger partial charge in [-0.25, -0.2) is 9.18 Å². The molecule has 0 radical (unpaired) electrons. The summed E-state index contributed by atoms with van der Waals surface area (Å²) in [5.74, 6) is -0.520. The van der Waals surface area contributed by atoms with Gasteiger partial charge in [-0.15, -0.1) is 0 Å². The number of carbonyl (C=O) groups excluding carboxylic acids is 1. The summed E-state index contributed by atoms with van der Waals surface area (Å²) in [5, 5.41) is 9.24. The van der Waals surface area contributed by atoms with Crippen molar-refractivity contribution >= 4 is 11.9 Å². The van der Waals surface area contributed by atoms with Gasteiger partial charge in [0.15, 0.2) is 0 Å². The van der Waals surface area contributed by atoms with E-state index in [0.717, 1.165) is 50.0 Å². The van der Waals surface area contributed by atoms with Crippen molar-refractivity contribution in [2.75, 3.05) is 19.6 Å². The molecular weight excluding hydrogens is 419 g/mol. The summed E-state index contributed by atoms with van der Waals surface area (Å²) >= 11 is 0. The van der Waals surface area contributed by atoms with Gasteiger partial charge in [0.2, 0.25) is 5.91 Å². The van der Waals surface area contributed by atoms with E-state index in [4.69, 9.17) is 0 Å². The topological polar surface area (TPSA) is 60.9 Å². The van der Waals surface area contributed by atoms with Crippen LogP contribution >= 0.6 is 0 Å². The number of carbonyl (C=O) groups is 2. The Labute approximate surface area is 195 Å². The van der Waals surface area contributed by atoms with Gasteiger partial charge in [-0.1, -0.05) is 38.1 Å². The van der Waals surface area contributed by atoms with E-state index >= 15 is 0 Å². The number of likely N-dealkylation sites (tertiary alicyclic amines) is 2. The molecule has 2 aromatic rings. The molecule has 0 saturated carbocycles. The van der Waals surface area contributed by atoms with Gasteiger partial charge in [-0.2, -0.15) is 0 Å². The van der Waals surface area contributed by atoms with Crippen LogP contribution in [0, 0.1) is 17.2 Å². The van der Waals surface area contributed by atoms with E-state index in [0.29, 0.717) is 24.4 Å². The van der Waals surface area contributed by atoms with Gasteiger partial charge >= 0.3 is 5.97 Å². The number of rotatable bonds is 7. The van der Waals surface area contributed by atoms with Gasteiger partial charge in [0.25, 0.3) is 0 Å². The molecule has 5 nitrogen and oxygen atoms in total. The monoisotopic (exact) mass is 452 g/mol. The molecule has 176 valence electrons. The number of nitrogens with zero attached hydrogens (tertiary/aromatic N) is 2. The zero-order valence-electron chi connectivity index (χ0n) is 19.5. The molecule has 6 heteroatoms. The average Bonchev–Trinajstić information content (AvgIpc) is 3.01. The Balaban J connectivity index is 1.45. The second-order valence-corrected chi connectivity index (χ2v) is 10.1. The van der Waals surface area contributed by atoms with Gasteiger partial charge in [0.1, 0.15) is 5.82 Å². The fourth-order valence-corrected chi connectivity index (χ4v) is 5.48. The summed E-state index contributed by atoms with van der Waals surface area (Å²) in [5.41, 5.74) is 1.88. The van der Waals surface area contributed by atoms with E-state index in [1.807, 2.05) is 12.1 Å². The second-order valence-electron chi connectivity index (χ2n) is 10.1. The van der Waals surface area contributed by atoms with Gasteiger partial charge in [0, 0.05) is 19.1 Å². The van der Waals surface area contributed by atoms with Gasteiger partial charge in [-0.05, 0) is 80.1 Å². The zero-order chi connectivity index (χ0) is 23.6. The number of halogens is 1. The number of carboxylic acid groups (broad SMARTS) is 1. The number of piperidine rings is 1. The maximum absolute atomic E-state index is 13.7. The maximum atomic E-state index is 13.7. The first kappa shape index (κ1) is 23.4. The van der Waals surface area contributed by atoms with Crippen LogP contribution in [0.15, 0.2) is 48.5 Å². The van der Waals surface area contributed by atoms with Crippen molar-refractivity contribution in [2.24, 2.45) is 11.3 Å². The maximum Gasteiger partial charge on any atom is 0.335 e. The minimum absolute atomic E-state index is 0.0977. The molecule has 0 aliphatic carbocycles. The Morgan fingerprint density at radius 1 is 1.12 bits per heavy atom. The molecular formula is C27H33FN2O3. The van der Waals surface area contributed by atoms with Crippen molar-refractivity contribution in [1.29, 1.82) is 0 Å². The Hall–Kier alpha value is -2.73. The van der Waals surface area contributed by atoms with E-state index < -0.39 is 5.97 Å². The molecule has 2 heterocycles. The van der Waals surface area contributed by atoms with Crippen LogP contribution in [-0.2, 0) is 17.8 Å². The molecule has 1 spiro atoms. The van der Waals surface area contributed by atoms with Crippen molar-refractivity contribution in [3.05, 3.63) is 71.0 Å². The largest absolute Gasteiger partial charge is 0.478 e. The zero-order valence-corrected chi connectivity index (χ0v) is 19.5. The molecule has 1 N–H and O–H groups in total. The second kappa shape index (κ2) is 9.64. The standard InChI is InChI=1S/C27H33FN2O3/c1-19(2)17-30-24(15-20-5-4-8-23(28)14-20)16-27(26(30)33)9-11-29(12-10-27)18-21-6-3-7-22(13-21)25(31)32/h3-8,13-14,19,24H,9-12,15-18H2,1-2H3,(H,31,32)/t24-/m1/s1. The van der Waals surface area contributed by atoms with Crippen LogP contribution in [0.2, 0.25) is 0 Å². The molecule has 2 fully saturated rings. The number of hydrogen-bond donors (Lipinski definition) is 1. The van der Waals surface area contributed by atoms with Crippen LogP contribution in [0.3, 0.4) is 0 Å². The summed E-state index contributed by atoms with van der Waals surface area (Å²) in [6.45, 7) is 7.30. The normalized spacial score (nSPS) is 20.7. The molecule has 2 aromatic carbocycles. The average molecular weight is 453 g/mol. The highest BCUT2D eigenvalue weighted by Crippen LogP contribution is 2.45. The van der Waals surface area contributed by atoms with Crippen molar-refractivity contribution in [3.63, 3.8) is 0 Å². The fourth-order valence-electron chi connectivity index (χ4n) is 5.48. The molecule has 2 saturated heterocycles. The summed E-state index contributed by atoms with van der Waals surface area (Å²) in [7, 11) is 0. The summed E-state index contributed by atoms with van der Waals surface area (Å²) in [4.78, 5) is 29.3. The lowest BCUT2D eigenvalue weighted by Crippen LogP contribution is -2.45. The summed E-state index contributed by atoms with van der Waals surface area (Å²) in [6, 6.07) is 13.9. The van der Waals surface area contributed by atoms with E-state index in [2.05, 4.69) is 23.6 Å². The highest BCUT2D eigenvalue weighted by molar-refractivity contribution is 5.87. The predicted octanol–water partition coefficient (Wildman–Crippen LogP) is 4.61. The lowest BCUT2D eigenvalue weighted by molar-refractivity contribution is -0.139. The first-order valence-electron chi connectivity index (χ1n) is 11.9. The van der Waals surface area contributed by atoms with Crippen LogP contribution in [-0.4, -0.2) is 52.5 Å². The van der Waals surface area contributed by atoms with Crippen molar-refractivity contribution in [1.82, 2.24) is 9.80 Å². The minimum Gasteiger partial charge on any atom is -0.478 e. The number of aromatic carboxylic acids is 1. The lowest BCUT2D eigenvalue weighted by atomic mass is 9.75. The van der Waals surface area contributed by atoms with E-state index in [1.54, 1.807) is 30.3 Å². The first-order valence-corrected chi connectivity index (χ1v) is 11.9. The first-order chi connectivity index (χ1) is 15.8. The SMILES string of the molecule is CC(C)CN1C(=O)C2(CCN(Cc3cccc(C(=O)O)c3)CC2)C[C@H]1Cc1cccc(F)c1. The summed E-state index contributed by atoms with van der Waals surface area (Å²) < 4.78 is 13.7. The quantitative estimate of drug-likeness (QED) is 0.667. The van der Waals surface area contributed by atoms with Crippen LogP contribution < -0.4 is 0 Å². The van der Waals surface area contributed by atoms with Crippen LogP contribution in [0.1, 0.15) is 54.6 Å². The van der Waals surface area contributed by atoms with E-state index in [-0.39, 0.29) is 23.2 Å². The molecule has 2 aliphatic rings. The van der Waals surface area contributed by atoms with Crippen molar-refractivity contribution in [2.45, 2.75) is 52.1 Å². The number of carboxylic acids is 1. The van der Waals surface area contributed by atoms with Crippen molar-refractivity contribution in [3.8, 4) is 0 Å². The number of amides is 1. The molecule has 0 bridgehead atoms. The Kier molecular flexibility index (Phi) is 6.84. The fraction of sp³-hybridized carbons (Fsp3) is 0.481. The Morgan fingerprint density at radius 3 is 2.48 bits per heavy atom. The van der Waals surface area contributed by atoms with Crippen LogP contribution in [0.25, 0.3) is 0 Å². The number of benzene rings is 2. The van der Waals surface area contributed by atoms with Gasteiger partial charge in [-0.3, -0.25) is 9.69 Å². The molecule has 0 aromatic heterocycles. The molecule has 33 heavy (non-hydrogen) atoms. The van der Waals surface area contributed by atoms with Gasteiger partial charge < -0.3 is 10.0 Å². The smallest absolute Gasteiger partial charge is 0.335 e. The van der Waals surface area contributed by atoms with Gasteiger partial charge in [0.05, 0.1) is 11.0 Å². The van der Waals surface area contributed by atoms with E-state index in [9.17, 15) is 19.1 Å². The molecule has 1 amide bonds. The molecule has 2 aliphatic heterocycles. The Morgan fingerprint density at radius 2 is 1.82 bits per heavy atom. The molecule has 4 rings (SSSR count). The lowest BCUT2D eigenvalue weighted by Gasteiger charge is -2.38. The van der Waals surface area contributed by atoms with Crippen LogP contribution in [0.5, 0.6) is 0 Å². The minimum atomic E-state index is -0.916. The van der Waals surface area contributed by atoms with E-state index in [1.165, 1.54) is 6.07 Å². The third kappa shape index (κ3) is 5.27. The van der Waals surface area contributed by atoms with Crippen LogP contribution in [0.4, 0.5) is 4.39 Å². The van der Waals surface area contributed by atoms with Crippen molar-refractivity contribution < 1.29 is 19.1 Å². The number of hydrogen-bond acceptors (Lipinski definition) is 3. The third-order valence-corrected chi connectivity index (χ3v) is 7.10. The summed E-state index contributed by atoms with van der Waals surface area (Å²) in [6.07, 6.45) is 3.11. The third-order valence-electron chi connectivity index (χ3n) is 7.10. The highest BCUT2D eigenvalue weighted by atomic mass is 19.1. The molecule has 0 unspecified atom stereocenters. The Bertz CT molecular complexity index is 1010. The molecule has 1 atom stereocenters. The predicted molar refractivity (Wildman–Crippen MR) is 125 cm³/mol. The highest BCUT2D eigenvalue weighted by Gasteiger charge is 2.52.